The van der Waals surface area contributed by atoms with Gasteiger partial charge in [-0.1, -0.05) is 90.6 Å². The van der Waals surface area contributed by atoms with Crippen LogP contribution in [0.4, 0.5) is 5.69 Å². The molecule has 6 heteroatoms. The predicted molar refractivity (Wildman–Crippen MR) is 137 cm³/mol. The van der Waals surface area contributed by atoms with E-state index in [2.05, 4.69) is 47.3 Å². The van der Waals surface area contributed by atoms with E-state index in [-0.39, 0.29) is 5.91 Å². The summed E-state index contributed by atoms with van der Waals surface area (Å²) in [7, 11) is 0. The van der Waals surface area contributed by atoms with Crippen molar-refractivity contribution in [3.63, 3.8) is 0 Å². The maximum absolute atomic E-state index is 13.2. The van der Waals surface area contributed by atoms with Gasteiger partial charge in [-0.05, 0) is 48.7 Å². The lowest BCUT2D eigenvalue weighted by molar-refractivity contribution is 0.101. The molecule has 166 valence electrons. The summed E-state index contributed by atoms with van der Waals surface area (Å²) in [6, 6.07) is 26.2. The molecule has 3 aromatic carbocycles. The lowest BCUT2D eigenvalue weighted by Crippen LogP contribution is -2.16. The normalized spacial score (nSPS) is 10.7. The van der Waals surface area contributed by atoms with E-state index in [1.54, 1.807) is 6.20 Å². The maximum Gasteiger partial charge on any atom is 0.275 e. The van der Waals surface area contributed by atoms with Crippen molar-refractivity contribution in [3.8, 4) is 0 Å². The van der Waals surface area contributed by atoms with Crippen molar-refractivity contribution in [1.29, 1.82) is 0 Å². The lowest BCUT2D eigenvalue weighted by atomic mass is 10.1. The topological polar surface area (TPSA) is 54.9 Å². The summed E-state index contributed by atoms with van der Waals surface area (Å²) in [5.74, 6) is 0.504. The Balaban J connectivity index is 1.58. The van der Waals surface area contributed by atoms with Crippen molar-refractivity contribution in [2.45, 2.75) is 41.0 Å². The second-order valence-corrected chi connectivity index (χ2v) is 9.62. The van der Waals surface area contributed by atoms with Crippen molar-refractivity contribution < 1.29 is 4.79 Å². The van der Waals surface area contributed by atoms with Crippen molar-refractivity contribution in [1.82, 2.24) is 9.97 Å². The maximum atomic E-state index is 13.2. The summed E-state index contributed by atoms with van der Waals surface area (Å²) in [6.45, 7) is 4.19. The minimum atomic E-state index is -0.238. The van der Waals surface area contributed by atoms with Gasteiger partial charge in [0.25, 0.3) is 5.91 Å². The van der Waals surface area contributed by atoms with Crippen LogP contribution in [-0.4, -0.2) is 15.9 Å². The zero-order chi connectivity index (χ0) is 23.0. The number of nitrogens with zero attached hydrogens (tertiary/aromatic N) is 2. The van der Waals surface area contributed by atoms with Gasteiger partial charge in [0.2, 0.25) is 0 Å². The smallest absolute Gasteiger partial charge is 0.275 e. The number of anilines is 1. The van der Waals surface area contributed by atoms with Crippen molar-refractivity contribution in [3.05, 3.63) is 107 Å². The average Bonchev–Trinajstić information content (AvgIpc) is 2.84. The first-order chi connectivity index (χ1) is 16.1. The third kappa shape index (κ3) is 6.46. The number of aryl methyl sites for hydroxylation is 2. The van der Waals surface area contributed by atoms with E-state index in [0.717, 1.165) is 27.7 Å². The van der Waals surface area contributed by atoms with E-state index < -0.39 is 0 Å². The van der Waals surface area contributed by atoms with Gasteiger partial charge < -0.3 is 5.32 Å². The number of hydrogen-bond acceptors (Lipinski definition) is 5. The van der Waals surface area contributed by atoms with Gasteiger partial charge in [0, 0.05) is 22.5 Å². The Morgan fingerprint density at radius 3 is 2.45 bits per heavy atom. The van der Waals surface area contributed by atoms with Crippen LogP contribution in [0.25, 0.3) is 0 Å². The molecule has 0 bridgehead atoms. The second kappa shape index (κ2) is 11.2. The quantitative estimate of drug-likeness (QED) is 0.221. The van der Waals surface area contributed by atoms with Crippen LogP contribution < -0.4 is 5.32 Å². The summed E-state index contributed by atoms with van der Waals surface area (Å²) < 4.78 is 0. The molecule has 1 heterocycles. The molecule has 0 atom stereocenters. The molecule has 1 aromatic heterocycles. The van der Waals surface area contributed by atoms with Gasteiger partial charge in [-0.25, -0.2) is 9.97 Å². The number of aromatic nitrogens is 2. The first kappa shape index (κ1) is 23.1. The van der Waals surface area contributed by atoms with Gasteiger partial charge in [0.1, 0.15) is 5.69 Å². The van der Waals surface area contributed by atoms with Crippen LogP contribution >= 0.6 is 23.5 Å². The first-order valence-corrected chi connectivity index (χ1v) is 12.6. The molecule has 4 nitrogen and oxygen atoms in total. The van der Waals surface area contributed by atoms with Gasteiger partial charge in [-0.15, -0.1) is 0 Å². The fourth-order valence-corrected chi connectivity index (χ4v) is 4.89. The summed E-state index contributed by atoms with van der Waals surface area (Å²) in [6.07, 6.45) is 2.71. The molecule has 0 saturated carbocycles. The number of hydrogen-bond donors (Lipinski definition) is 1. The summed E-state index contributed by atoms with van der Waals surface area (Å²) >= 11 is 3.02. The molecule has 0 aliphatic carbocycles. The minimum Gasteiger partial charge on any atom is -0.321 e. The molecule has 4 rings (SSSR count). The Kier molecular flexibility index (Phi) is 7.81. The second-order valence-electron chi connectivity index (χ2n) is 7.56. The zero-order valence-corrected chi connectivity index (χ0v) is 20.2. The number of carbonyl (C=O) groups excluding carboxylic acids is 1. The molecular weight excluding hydrogens is 446 g/mol. The Labute approximate surface area is 203 Å². The van der Waals surface area contributed by atoms with E-state index in [0.29, 0.717) is 10.9 Å². The van der Waals surface area contributed by atoms with Crippen molar-refractivity contribution >= 4 is 35.1 Å². The highest BCUT2D eigenvalue weighted by Gasteiger charge is 2.17. The van der Waals surface area contributed by atoms with Gasteiger partial charge >= 0.3 is 0 Å². The number of nitrogens with one attached hydrogen (secondary N) is 1. The van der Waals surface area contributed by atoms with Crippen LogP contribution in [-0.2, 0) is 12.2 Å². The highest BCUT2D eigenvalue weighted by atomic mass is 32.2. The Hall–Kier alpha value is -3.09. The molecule has 0 spiro atoms. The molecule has 0 saturated heterocycles. The van der Waals surface area contributed by atoms with Crippen LogP contribution in [0.5, 0.6) is 0 Å². The third-order valence-electron chi connectivity index (χ3n) is 4.99. The van der Waals surface area contributed by atoms with E-state index in [1.165, 1.54) is 40.2 Å². The van der Waals surface area contributed by atoms with E-state index in [1.807, 2.05) is 60.7 Å². The van der Waals surface area contributed by atoms with Crippen molar-refractivity contribution in [2.24, 2.45) is 0 Å². The van der Waals surface area contributed by atoms with Crippen molar-refractivity contribution in [2.75, 3.05) is 5.32 Å². The van der Waals surface area contributed by atoms with Gasteiger partial charge in [-0.3, -0.25) is 4.79 Å². The monoisotopic (exact) mass is 471 g/mol. The molecule has 1 amide bonds. The number of amides is 1. The Bertz CT molecular complexity index is 1230. The summed E-state index contributed by atoms with van der Waals surface area (Å²) in [4.78, 5) is 24.2. The fraction of sp³-hybridized carbons (Fsp3) is 0.148. The third-order valence-corrected chi connectivity index (χ3v) is 6.95. The lowest BCUT2D eigenvalue weighted by Gasteiger charge is -2.11. The largest absolute Gasteiger partial charge is 0.321 e. The number of rotatable bonds is 8. The SMILES string of the molecule is CCc1ccc(NC(=O)c2nc(SCc3cccc(C)c3)ncc2Sc2ccccc2)cc1. The van der Waals surface area contributed by atoms with Crippen LogP contribution in [0.3, 0.4) is 0 Å². The molecule has 1 N–H and O–H groups in total. The van der Waals surface area contributed by atoms with Crippen LogP contribution in [0.15, 0.2) is 100 Å². The van der Waals surface area contributed by atoms with Gasteiger partial charge in [-0.2, -0.15) is 0 Å². The molecule has 0 aliphatic heterocycles. The fourth-order valence-electron chi connectivity index (χ4n) is 3.24. The Morgan fingerprint density at radius 2 is 1.73 bits per heavy atom. The van der Waals surface area contributed by atoms with Crippen LogP contribution in [0, 0.1) is 6.92 Å². The highest BCUT2D eigenvalue weighted by Crippen LogP contribution is 2.31. The van der Waals surface area contributed by atoms with Gasteiger partial charge in [0.15, 0.2) is 5.16 Å². The molecule has 0 fully saturated rings. The molecule has 0 aliphatic rings. The Morgan fingerprint density at radius 1 is 0.939 bits per heavy atom. The predicted octanol–water partition coefficient (Wildman–Crippen LogP) is 7.04. The number of carbonyl (C=O) groups is 1. The van der Waals surface area contributed by atoms with E-state index in [9.17, 15) is 4.79 Å². The molecular formula is C27H25N3OS2. The zero-order valence-electron chi connectivity index (χ0n) is 18.6. The molecule has 0 unspecified atom stereocenters. The van der Waals surface area contributed by atoms with Gasteiger partial charge in [0.05, 0.1) is 4.90 Å². The first-order valence-electron chi connectivity index (χ1n) is 10.8. The van der Waals surface area contributed by atoms with E-state index in [4.69, 9.17) is 0 Å². The molecule has 33 heavy (non-hydrogen) atoms. The number of thioether (sulfide) groups is 1. The van der Waals surface area contributed by atoms with Crippen LogP contribution in [0.1, 0.15) is 34.1 Å². The minimum absolute atomic E-state index is 0.238. The van der Waals surface area contributed by atoms with E-state index >= 15 is 0 Å². The molecule has 4 aromatic rings. The standard InChI is InChI=1S/C27H25N3OS2/c1-3-20-12-14-22(15-13-20)29-26(31)25-24(33-23-10-5-4-6-11-23)17-28-27(30-25)32-18-21-9-7-8-19(2)16-21/h4-17H,3,18H2,1-2H3,(H,29,31). The summed E-state index contributed by atoms with van der Waals surface area (Å²) in [5, 5.41) is 3.58. The number of benzene rings is 3. The molecule has 0 radical (unpaired) electrons. The summed E-state index contributed by atoms with van der Waals surface area (Å²) in [5.41, 5.74) is 4.78. The highest BCUT2D eigenvalue weighted by molar-refractivity contribution is 7.99. The average molecular weight is 472 g/mol. The van der Waals surface area contributed by atoms with Crippen LogP contribution in [0.2, 0.25) is 0 Å².